The molecule has 0 unspecified atom stereocenters. The average molecular weight is 472 g/mol. The molecule has 0 radical (unpaired) electrons. The minimum absolute atomic E-state index is 0.0623. The van der Waals surface area contributed by atoms with Crippen molar-refractivity contribution in [1.82, 2.24) is 4.90 Å². The van der Waals surface area contributed by atoms with Gasteiger partial charge in [-0.2, -0.15) is 31.6 Å². The Labute approximate surface area is 185 Å². The van der Waals surface area contributed by atoms with Gasteiger partial charge in [-0.3, -0.25) is 4.79 Å². The van der Waals surface area contributed by atoms with E-state index in [1.54, 1.807) is 0 Å². The summed E-state index contributed by atoms with van der Waals surface area (Å²) in [6.45, 7) is 1.03. The van der Waals surface area contributed by atoms with Crippen LogP contribution < -0.4 is 9.47 Å². The highest BCUT2D eigenvalue weighted by Crippen LogP contribution is 2.38. The van der Waals surface area contributed by atoms with Gasteiger partial charge in [0.1, 0.15) is 17.4 Å². The molecule has 33 heavy (non-hydrogen) atoms. The van der Waals surface area contributed by atoms with Gasteiger partial charge < -0.3 is 14.4 Å². The molecule has 0 bridgehead atoms. The number of rotatable bonds is 5. The number of hydrogen-bond acceptors (Lipinski definition) is 4. The standard InChI is InChI=1S/C22H18F6N2O3/c1-12(21(23,24)25)33-17-8-5-14(9-29)19(32-2)18(17)20(31)30-10-15(11-30)13-3-6-16(7-4-13)22(26,27)28/h3-8,12,15H,10-11H2,1-2H3/t12-/m0/s1. The Kier molecular flexibility index (Phi) is 6.49. The predicted octanol–water partition coefficient (Wildman–Crippen LogP) is 5.15. The summed E-state index contributed by atoms with van der Waals surface area (Å²) in [7, 11) is 1.17. The molecule has 0 N–H and O–H groups in total. The van der Waals surface area contributed by atoms with Crippen molar-refractivity contribution >= 4 is 5.91 Å². The summed E-state index contributed by atoms with van der Waals surface area (Å²) in [6.07, 6.45) is -11.4. The highest BCUT2D eigenvalue weighted by Gasteiger charge is 2.41. The van der Waals surface area contributed by atoms with Gasteiger partial charge in [0.05, 0.1) is 18.2 Å². The lowest BCUT2D eigenvalue weighted by atomic mass is 9.90. The molecule has 2 aromatic rings. The second kappa shape index (κ2) is 8.84. The van der Waals surface area contributed by atoms with Crippen LogP contribution in [-0.2, 0) is 6.18 Å². The molecule has 0 aliphatic carbocycles. The molecule has 1 amide bonds. The van der Waals surface area contributed by atoms with E-state index in [4.69, 9.17) is 9.47 Å². The minimum Gasteiger partial charge on any atom is -0.494 e. The number of nitrogens with zero attached hydrogens (tertiary/aromatic N) is 2. The number of amides is 1. The van der Waals surface area contributed by atoms with E-state index in [0.717, 1.165) is 25.1 Å². The summed E-state index contributed by atoms with van der Waals surface area (Å²) in [6, 6.07) is 8.65. The number of alkyl halides is 6. The summed E-state index contributed by atoms with van der Waals surface area (Å²) < 4.78 is 87.3. The first-order chi connectivity index (χ1) is 15.4. The van der Waals surface area contributed by atoms with Crippen molar-refractivity contribution < 1.29 is 40.6 Å². The predicted molar refractivity (Wildman–Crippen MR) is 104 cm³/mol. The molecule has 176 valence electrons. The van der Waals surface area contributed by atoms with Crippen molar-refractivity contribution in [2.45, 2.75) is 31.3 Å². The fraction of sp³-hybridized carbons (Fsp3) is 0.364. The van der Waals surface area contributed by atoms with Gasteiger partial charge in [-0.05, 0) is 36.8 Å². The maximum absolute atomic E-state index is 13.1. The van der Waals surface area contributed by atoms with E-state index in [1.807, 2.05) is 6.07 Å². The molecule has 2 aromatic carbocycles. The fourth-order valence-electron chi connectivity index (χ4n) is 3.38. The molecule has 1 heterocycles. The third kappa shape index (κ3) is 4.99. The summed E-state index contributed by atoms with van der Waals surface area (Å²) in [5.74, 6) is -1.57. The van der Waals surface area contributed by atoms with Crippen LogP contribution in [-0.4, -0.2) is 43.3 Å². The van der Waals surface area contributed by atoms with Crippen molar-refractivity contribution in [3.05, 3.63) is 58.7 Å². The van der Waals surface area contributed by atoms with Crippen LogP contribution in [0, 0.1) is 11.3 Å². The quantitative estimate of drug-likeness (QED) is 0.565. The van der Waals surface area contributed by atoms with E-state index in [9.17, 15) is 36.4 Å². The zero-order valence-electron chi connectivity index (χ0n) is 17.4. The lowest BCUT2D eigenvalue weighted by Gasteiger charge is -2.40. The second-order valence-electron chi connectivity index (χ2n) is 7.46. The molecule has 3 rings (SSSR count). The van der Waals surface area contributed by atoms with Crippen LogP contribution in [0.4, 0.5) is 26.3 Å². The first-order valence-corrected chi connectivity index (χ1v) is 9.67. The van der Waals surface area contributed by atoms with Crippen molar-refractivity contribution in [2.24, 2.45) is 0 Å². The van der Waals surface area contributed by atoms with E-state index >= 15 is 0 Å². The van der Waals surface area contributed by atoms with Gasteiger partial charge in [0.15, 0.2) is 11.9 Å². The summed E-state index contributed by atoms with van der Waals surface area (Å²) in [5.41, 5.74) is -0.588. The Balaban J connectivity index is 1.84. The van der Waals surface area contributed by atoms with Gasteiger partial charge in [0.25, 0.3) is 5.91 Å². The van der Waals surface area contributed by atoms with Crippen LogP contribution in [0.3, 0.4) is 0 Å². The van der Waals surface area contributed by atoms with Gasteiger partial charge >= 0.3 is 12.4 Å². The number of carbonyl (C=O) groups excluding carboxylic acids is 1. The Morgan fingerprint density at radius 1 is 1.09 bits per heavy atom. The Hall–Kier alpha value is -3.42. The number of hydrogen-bond donors (Lipinski definition) is 0. The maximum Gasteiger partial charge on any atom is 0.425 e. The Bertz CT molecular complexity index is 1070. The molecule has 1 atom stereocenters. The molecule has 5 nitrogen and oxygen atoms in total. The number of carbonyl (C=O) groups is 1. The van der Waals surface area contributed by atoms with Gasteiger partial charge in [0.2, 0.25) is 0 Å². The summed E-state index contributed by atoms with van der Waals surface area (Å²) >= 11 is 0. The van der Waals surface area contributed by atoms with Crippen LogP contribution in [0.25, 0.3) is 0 Å². The van der Waals surface area contributed by atoms with Gasteiger partial charge in [-0.25, -0.2) is 0 Å². The number of likely N-dealkylation sites (tertiary alicyclic amines) is 1. The van der Waals surface area contributed by atoms with E-state index in [-0.39, 0.29) is 35.9 Å². The van der Waals surface area contributed by atoms with Gasteiger partial charge in [-0.15, -0.1) is 0 Å². The molecule has 0 spiro atoms. The van der Waals surface area contributed by atoms with Gasteiger partial charge in [0, 0.05) is 19.0 Å². The highest BCUT2D eigenvalue weighted by atomic mass is 19.4. The Morgan fingerprint density at radius 2 is 1.70 bits per heavy atom. The maximum atomic E-state index is 13.1. The first kappa shape index (κ1) is 24.2. The number of methoxy groups -OCH3 is 1. The molecule has 0 saturated carbocycles. The van der Waals surface area contributed by atoms with E-state index in [1.165, 1.54) is 30.2 Å². The lowest BCUT2D eigenvalue weighted by Crippen LogP contribution is -2.48. The zero-order chi connectivity index (χ0) is 24.6. The van der Waals surface area contributed by atoms with Crippen LogP contribution in [0.5, 0.6) is 11.5 Å². The number of benzene rings is 2. The van der Waals surface area contributed by atoms with Gasteiger partial charge in [-0.1, -0.05) is 12.1 Å². The fourth-order valence-corrected chi connectivity index (χ4v) is 3.38. The van der Waals surface area contributed by atoms with Crippen LogP contribution in [0.15, 0.2) is 36.4 Å². The van der Waals surface area contributed by atoms with Crippen molar-refractivity contribution in [2.75, 3.05) is 20.2 Å². The zero-order valence-corrected chi connectivity index (χ0v) is 17.4. The molecule has 0 aromatic heterocycles. The number of ether oxygens (including phenoxy) is 2. The third-order valence-corrected chi connectivity index (χ3v) is 5.30. The topological polar surface area (TPSA) is 62.6 Å². The minimum atomic E-state index is -4.69. The SMILES string of the molecule is COc1c(C#N)ccc(O[C@@H](C)C(F)(F)F)c1C(=O)N1CC(c2ccc(C(F)(F)F)cc2)C1. The normalized spacial score (nSPS) is 15.4. The molecule has 1 aliphatic rings. The van der Waals surface area contributed by atoms with Crippen molar-refractivity contribution in [3.63, 3.8) is 0 Å². The summed E-state index contributed by atoms with van der Waals surface area (Å²) in [5, 5.41) is 9.28. The molecular formula is C22H18F6N2O3. The first-order valence-electron chi connectivity index (χ1n) is 9.67. The second-order valence-corrected chi connectivity index (χ2v) is 7.46. The van der Waals surface area contributed by atoms with E-state index < -0.39 is 35.7 Å². The average Bonchev–Trinajstić information content (AvgIpc) is 2.71. The summed E-state index contributed by atoms with van der Waals surface area (Å²) in [4.78, 5) is 14.4. The largest absolute Gasteiger partial charge is 0.494 e. The Morgan fingerprint density at radius 3 is 2.18 bits per heavy atom. The number of nitriles is 1. The molecule has 1 fully saturated rings. The lowest BCUT2D eigenvalue weighted by molar-refractivity contribution is -0.189. The third-order valence-electron chi connectivity index (χ3n) is 5.30. The monoisotopic (exact) mass is 472 g/mol. The molecule has 1 saturated heterocycles. The molecular weight excluding hydrogens is 454 g/mol. The van der Waals surface area contributed by atoms with Crippen LogP contribution in [0.1, 0.15) is 39.9 Å². The van der Waals surface area contributed by atoms with Crippen molar-refractivity contribution in [1.29, 1.82) is 5.26 Å². The van der Waals surface area contributed by atoms with E-state index in [2.05, 4.69) is 0 Å². The highest BCUT2D eigenvalue weighted by molar-refractivity contribution is 6.01. The smallest absolute Gasteiger partial charge is 0.425 e. The van der Waals surface area contributed by atoms with E-state index in [0.29, 0.717) is 5.56 Å². The molecule has 1 aliphatic heterocycles. The van der Waals surface area contributed by atoms with Crippen LogP contribution in [0.2, 0.25) is 0 Å². The molecule has 11 heteroatoms. The van der Waals surface area contributed by atoms with Crippen molar-refractivity contribution in [3.8, 4) is 17.6 Å². The van der Waals surface area contributed by atoms with Crippen LogP contribution >= 0.6 is 0 Å². The number of halogens is 6.